The van der Waals surface area contributed by atoms with E-state index in [0.717, 1.165) is 12.0 Å². The second kappa shape index (κ2) is 6.57. The van der Waals surface area contributed by atoms with E-state index >= 15 is 0 Å². The van der Waals surface area contributed by atoms with Crippen LogP contribution in [0.4, 0.5) is 10.1 Å². The van der Waals surface area contributed by atoms with Crippen LogP contribution in [0.1, 0.15) is 28.7 Å². The van der Waals surface area contributed by atoms with Crippen molar-refractivity contribution in [3.63, 3.8) is 0 Å². The van der Waals surface area contributed by atoms with Gasteiger partial charge in [-0.2, -0.15) is 4.68 Å². The lowest BCUT2D eigenvalue weighted by atomic mass is 10.1. The maximum absolute atomic E-state index is 14.0. The molecule has 1 N–H and O–H groups in total. The molecule has 1 heterocycles. The molecule has 0 saturated heterocycles. The number of aryl methyl sites for hydroxylation is 2. The molecule has 0 aliphatic rings. The second-order valence-corrected chi connectivity index (χ2v) is 5.31. The Labute approximate surface area is 138 Å². The van der Waals surface area contributed by atoms with Crippen LogP contribution >= 0.6 is 0 Å². The molecule has 0 radical (unpaired) electrons. The topological polar surface area (TPSA) is 72.7 Å². The summed E-state index contributed by atoms with van der Waals surface area (Å²) in [5.74, 6) is -0.334. The van der Waals surface area contributed by atoms with Crippen LogP contribution in [0.25, 0.3) is 5.69 Å². The fraction of sp³-hybridized carbons (Fsp3) is 0.176. The number of rotatable bonds is 4. The summed E-state index contributed by atoms with van der Waals surface area (Å²) in [6.07, 6.45) is 0.893. The number of amides is 1. The number of aromatic nitrogens is 4. The van der Waals surface area contributed by atoms with Crippen LogP contribution in [-0.4, -0.2) is 26.1 Å². The molecule has 24 heavy (non-hydrogen) atoms. The second-order valence-electron chi connectivity index (χ2n) is 5.31. The van der Waals surface area contributed by atoms with E-state index in [4.69, 9.17) is 0 Å². The van der Waals surface area contributed by atoms with E-state index in [1.807, 2.05) is 19.1 Å². The highest BCUT2D eigenvalue weighted by atomic mass is 19.1. The monoisotopic (exact) mass is 325 g/mol. The molecule has 1 aromatic heterocycles. The van der Waals surface area contributed by atoms with Crippen molar-refractivity contribution in [1.82, 2.24) is 20.2 Å². The van der Waals surface area contributed by atoms with E-state index in [0.29, 0.717) is 17.1 Å². The molecule has 0 aliphatic heterocycles. The summed E-state index contributed by atoms with van der Waals surface area (Å²) < 4.78 is 15.5. The maximum atomic E-state index is 14.0. The lowest BCUT2D eigenvalue weighted by Gasteiger charge is -2.09. The van der Waals surface area contributed by atoms with Crippen LogP contribution in [0.3, 0.4) is 0 Å². The Morgan fingerprint density at radius 2 is 1.96 bits per heavy atom. The Balaban J connectivity index is 1.86. The third-order valence-electron chi connectivity index (χ3n) is 3.69. The summed E-state index contributed by atoms with van der Waals surface area (Å²) in [5, 5.41) is 13.8. The number of nitrogens with zero attached hydrogens (tertiary/aromatic N) is 4. The van der Waals surface area contributed by atoms with Gasteiger partial charge in [-0.25, -0.2) is 4.39 Å². The smallest absolute Gasteiger partial charge is 0.255 e. The third kappa shape index (κ3) is 3.15. The highest BCUT2D eigenvalue weighted by Crippen LogP contribution is 2.20. The van der Waals surface area contributed by atoms with Crippen molar-refractivity contribution in [2.24, 2.45) is 0 Å². The summed E-state index contributed by atoms with van der Waals surface area (Å²) in [5.41, 5.74) is 2.24. The van der Waals surface area contributed by atoms with E-state index in [9.17, 15) is 9.18 Å². The number of nitrogens with one attached hydrogen (secondary N) is 1. The van der Waals surface area contributed by atoms with Gasteiger partial charge >= 0.3 is 0 Å². The Hall–Kier alpha value is -3.09. The number of anilines is 1. The summed E-state index contributed by atoms with van der Waals surface area (Å²) in [7, 11) is 0. The first-order valence-corrected chi connectivity index (χ1v) is 7.53. The van der Waals surface area contributed by atoms with E-state index in [1.165, 1.54) is 16.8 Å². The molecule has 3 aromatic rings. The summed E-state index contributed by atoms with van der Waals surface area (Å²) in [6, 6.07) is 11.5. The summed E-state index contributed by atoms with van der Waals surface area (Å²) in [6.45, 7) is 3.77. The molecule has 2 aromatic carbocycles. The van der Waals surface area contributed by atoms with Gasteiger partial charge in [-0.3, -0.25) is 4.79 Å². The van der Waals surface area contributed by atoms with Crippen LogP contribution in [0.15, 0.2) is 42.5 Å². The maximum Gasteiger partial charge on any atom is 0.255 e. The predicted molar refractivity (Wildman–Crippen MR) is 87.6 cm³/mol. The molecule has 0 aliphatic carbocycles. The third-order valence-corrected chi connectivity index (χ3v) is 3.69. The lowest BCUT2D eigenvalue weighted by Crippen LogP contribution is -2.13. The molecule has 0 spiro atoms. The Bertz CT molecular complexity index is 873. The van der Waals surface area contributed by atoms with Crippen molar-refractivity contribution in [2.75, 3.05) is 5.32 Å². The molecule has 0 fully saturated rings. The van der Waals surface area contributed by atoms with Gasteiger partial charge in [0.25, 0.3) is 5.91 Å². The van der Waals surface area contributed by atoms with Crippen LogP contribution in [0.5, 0.6) is 0 Å². The first-order valence-electron chi connectivity index (χ1n) is 7.53. The predicted octanol–water partition coefficient (Wildman–Crippen LogP) is 2.92. The SMILES string of the molecule is CCc1ccc(C(=O)Nc2cc(-n3nnnc3C)ccc2F)cc1. The number of carbonyl (C=O) groups is 1. The highest BCUT2D eigenvalue weighted by molar-refractivity contribution is 6.04. The first-order chi connectivity index (χ1) is 11.6. The molecule has 3 rings (SSSR count). The van der Waals surface area contributed by atoms with E-state index < -0.39 is 5.82 Å². The Morgan fingerprint density at radius 3 is 2.58 bits per heavy atom. The van der Waals surface area contributed by atoms with Crippen LogP contribution in [0.2, 0.25) is 0 Å². The molecule has 0 atom stereocenters. The summed E-state index contributed by atoms with van der Waals surface area (Å²) in [4.78, 5) is 12.3. The van der Waals surface area contributed by atoms with Crippen molar-refractivity contribution in [3.8, 4) is 5.69 Å². The van der Waals surface area contributed by atoms with E-state index in [-0.39, 0.29) is 11.6 Å². The number of carbonyl (C=O) groups excluding carboxylic acids is 1. The molecule has 0 bridgehead atoms. The minimum atomic E-state index is -0.525. The van der Waals surface area contributed by atoms with Gasteiger partial charge in [-0.05, 0) is 59.7 Å². The minimum Gasteiger partial charge on any atom is -0.319 e. The van der Waals surface area contributed by atoms with Gasteiger partial charge in [0.15, 0.2) is 5.82 Å². The fourth-order valence-corrected chi connectivity index (χ4v) is 2.30. The highest BCUT2D eigenvalue weighted by Gasteiger charge is 2.12. The average Bonchev–Trinajstić information content (AvgIpc) is 3.03. The molecule has 122 valence electrons. The van der Waals surface area contributed by atoms with Crippen molar-refractivity contribution < 1.29 is 9.18 Å². The molecule has 7 heteroatoms. The van der Waals surface area contributed by atoms with E-state index in [2.05, 4.69) is 20.8 Å². The molecule has 0 saturated carbocycles. The molecule has 6 nitrogen and oxygen atoms in total. The first kappa shape index (κ1) is 15.8. The minimum absolute atomic E-state index is 0.0759. The number of hydrogen-bond donors (Lipinski definition) is 1. The molecule has 1 amide bonds. The average molecular weight is 325 g/mol. The zero-order valence-corrected chi connectivity index (χ0v) is 13.3. The molecular formula is C17H16FN5O. The van der Waals surface area contributed by atoms with Crippen molar-refractivity contribution >= 4 is 11.6 Å². The zero-order chi connectivity index (χ0) is 17.1. The standard InChI is InChI=1S/C17H16FN5O/c1-3-12-4-6-13(7-5-12)17(24)19-16-10-14(8-9-15(16)18)23-11(2)20-21-22-23/h4-10H,3H2,1-2H3,(H,19,24). The van der Waals surface area contributed by atoms with Gasteiger partial charge in [-0.15, -0.1) is 5.10 Å². The van der Waals surface area contributed by atoms with Crippen LogP contribution < -0.4 is 5.32 Å². The Kier molecular flexibility index (Phi) is 4.33. The van der Waals surface area contributed by atoms with Gasteiger partial charge in [0.05, 0.1) is 11.4 Å². The van der Waals surface area contributed by atoms with Crippen LogP contribution in [-0.2, 0) is 6.42 Å². The Morgan fingerprint density at radius 1 is 1.21 bits per heavy atom. The zero-order valence-electron chi connectivity index (χ0n) is 13.3. The summed E-state index contributed by atoms with van der Waals surface area (Å²) >= 11 is 0. The van der Waals surface area contributed by atoms with Crippen molar-refractivity contribution in [3.05, 3.63) is 65.2 Å². The van der Waals surface area contributed by atoms with Crippen molar-refractivity contribution in [1.29, 1.82) is 0 Å². The van der Waals surface area contributed by atoms with Gasteiger partial charge in [0.2, 0.25) is 0 Å². The number of tetrazole rings is 1. The quantitative estimate of drug-likeness (QED) is 0.800. The van der Waals surface area contributed by atoms with Gasteiger partial charge in [0, 0.05) is 5.56 Å². The van der Waals surface area contributed by atoms with Crippen LogP contribution in [0, 0.1) is 12.7 Å². The largest absolute Gasteiger partial charge is 0.319 e. The normalized spacial score (nSPS) is 10.6. The number of hydrogen-bond acceptors (Lipinski definition) is 4. The number of benzene rings is 2. The van der Waals surface area contributed by atoms with Gasteiger partial charge in [0.1, 0.15) is 5.82 Å². The lowest BCUT2D eigenvalue weighted by molar-refractivity contribution is 0.102. The van der Waals surface area contributed by atoms with Gasteiger partial charge in [-0.1, -0.05) is 19.1 Å². The molecule has 0 unspecified atom stereocenters. The van der Waals surface area contributed by atoms with E-state index in [1.54, 1.807) is 25.1 Å². The number of halogens is 1. The van der Waals surface area contributed by atoms with Crippen molar-refractivity contribution in [2.45, 2.75) is 20.3 Å². The van der Waals surface area contributed by atoms with Gasteiger partial charge < -0.3 is 5.32 Å². The molecular weight excluding hydrogens is 309 g/mol. The fourth-order valence-electron chi connectivity index (χ4n) is 2.30.